The SMILES string of the molecule is FC(F)c1ccc(Cl)c(Br)c1Cl. The molecule has 0 saturated heterocycles. The maximum Gasteiger partial charge on any atom is 0.265 e. The summed E-state index contributed by atoms with van der Waals surface area (Å²) in [6.07, 6.45) is -2.58. The van der Waals surface area contributed by atoms with Gasteiger partial charge >= 0.3 is 0 Å². The maximum atomic E-state index is 12.2. The van der Waals surface area contributed by atoms with Crippen LogP contribution in [0.2, 0.25) is 10.0 Å². The summed E-state index contributed by atoms with van der Waals surface area (Å²) in [5.41, 5.74) is -0.215. The second-order valence-electron chi connectivity index (χ2n) is 2.07. The highest BCUT2D eigenvalue weighted by molar-refractivity contribution is 9.10. The molecular weight excluding hydrogens is 273 g/mol. The lowest BCUT2D eigenvalue weighted by Gasteiger charge is -2.05. The molecule has 0 aliphatic carbocycles. The van der Waals surface area contributed by atoms with Gasteiger partial charge in [0.1, 0.15) is 0 Å². The van der Waals surface area contributed by atoms with E-state index in [0.717, 1.165) is 0 Å². The van der Waals surface area contributed by atoms with Gasteiger partial charge in [-0.2, -0.15) is 0 Å². The van der Waals surface area contributed by atoms with E-state index in [0.29, 0.717) is 9.50 Å². The van der Waals surface area contributed by atoms with E-state index >= 15 is 0 Å². The Balaban J connectivity index is 3.27. The normalized spacial score (nSPS) is 10.8. The second-order valence-corrected chi connectivity index (χ2v) is 3.64. The van der Waals surface area contributed by atoms with E-state index < -0.39 is 6.43 Å². The molecule has 5 heteroatoms. The number of hydrogen-bond acceptors (Lipinski definition) is 0. The summed E-state index contributed by atoms with van der Waals surface area (Å²) in [5, 5.41) is 0.293. The fourth-order valence-corrected chi connectivity index (χ4v) is 1.52. The van der Waals surface area contributed by atoms with Gasteiger partial charge in [0.05, 0.1) is 14.5 Å². The van der Waals surface area contributed by atoms with Crippen molar-refractivity contribution in [2.24, 2.45) is 0 Å². The highest BCUT2D eigenvalue weighted by Crippen LogP contribution is 2.37. The molecule has 0 bridgehead atoms. The van der Waals surface area contributed by atoms with E-state index in [1.54, 1.807) is 0 Å². The lowest BCUT2D eigenvalue weighted by Crippen LogP contribution is -1.86. The summed E-state index contributed by atoms with van der Waals surface area (Å²) >= 11 is 14.2. The van der Waals surface area contributed by atoms with Crippen LogP contribution in [0.1, 0.15) is 12.0 Å². The molecule has 12 heavy (non-hydrogen) atoms. The summed E-state index contributed by atoms with van der Waals surface area (Å²) in [6, 6.07) is 2.58. The van der Waals surface area contributed by atoms with Gasteiger partial charge in [-0.3, -0.25) is 0 Å². The van der Waals surface area contributed by atoms with Crippen LogP contribution in [-0.2, 0) is 0 Å². The Hall–Kier alpha value is 0.140. The predicted molar refractivity (Wildman–Crippen MR) is 49.1 cm³/mol. The first kappa shape index (κ1) is 10.2. The summed E-state index contributed by atoms with van der Waals surface area (Å²) in [6.45, 7) is 0. The van der Waals surface area contributed by atoms with E-state index in [-0.39, 0.29) is 10.6 Å². The molecule has 0 N–H and O–H groups in total. The lowest BCUT2D eigenvalue weighted by molar-refractivity contribution is 0.151. The average Bonchev–Trinajstić information content (AvgIpc) is 2.00. The smallest absolute Gasteiger partial charge is 0.205 e. The molecular formula is C7H3BrCl2F2. The van der Waals surface area contributed by atoms with Crippen molar-refractivity contribution >= 4 is 39.1 Å². The monoisotopic (exact) mass is 274 g/mol. The number of rotatable bonds is 1. The minimum absolute atomic E-state index is 0.0301. The topological polar surface area (TPSA) is 0 Å². The standard InChI is InChI=1S/C7H3BrCl2F2/c8-5-4(9)2-1-3(6(5)10)7(11)12/h1-2,7H. The van der Waals surface area contributed by atoms with Gasteiger partial charge < -0.3 is 0 Å². The summed E-state index contributed by atoms with van der Waals surface area (Å²) in [7, 11) is 0. The average molecular weight is 276 g/mol. The van der Waals surface area contributed by atoms with Crippen molar-refractivity contribution in [2.45, 2.75) is 6.43 Å². The van der Waals surface area contributed by atoms with Gasteiger partial charge in [0.15, 0.2) is 0 Å². The first-order valence-electron chi connectivity index (χ1n) is 2.95. The number of alkyl halides is 2. The Morgan fingerprint density at radius 2 is 1.83 bits per heavy atom. The van der Waals surface area contributed by atoms with Crippen molar-refractivity contribution < 1.29 is 8.78 Å². The van der Waals surface area contributed by atoms with Crippen LogP contribution >= 0.6 is 39.1 Å². The third kappa shape index (κ3) is 1.90. The molecule has 0 nitrogen and oxygen atoms in total. The van der Waals surface area contributed by atoms with Gasteiger partial charge in [-0.05, 0) is 22.0 Å². The second kappa shape index (κ2) is 3.90. The van der Waals surface area contributed by atoms with Crippen molar-refractivity contribution in [1.82, 2.24) is 0 Å². The van der Waals surface area contributed by atoms with Gasteiger partial charge in [0.25, 0.3) is 6.43 Å². The number of hydrogen-bond donors (Lipinski definition) is 0. The summed E-state index contributed by atoms with van der Waals surface area (Å²) in [4.78, 5) is 0. The number of benzene rings is 1. The zero-order chi connectivity index (χ0) is 9.30. The molecule has 0 spiro atoms. The third-order valence-electron chi connectivity index (χ3n) is 1.30. The Labute approximate surface area is 86.6 Å². The highest BCUT2D eigenvalue weighted by atomic mass is 79.9. The van der Waals surface area contributed by atoms with E-state index in [4.69, 9.17) is 23.2 Å². The fourth-order valence-electron chi connectivity index (χ4n) is 0.709. The van der Waals surface area contributed by atoms with E-state index in [1.807, 2.05) is 0 Å². The van der Waals surface area contributed by atoms with Crippen LogP contribution < -0.4 is 0 Å². The van der Waals surface area contributed by atoms with E-state index in [2.05, 4.69) is 15.9 Å². The fraction of sp³-hybridized carbons (Fsp3) is 0.143. The van der Waals surface area contributed by atoms with Gasteiger partial charge in [-0.25, -0.2) is 8.78 Å². The maximum absolute atomic E-state index is 12.2. The first-order valence-corrected chi connectivity index (χ1v) is 4.50. The highest BCUT2D eigenvalue weighted by Gasteiger charge is 2.15. The van der Waals surface area contributed by atoms with Crippen LogP contribution in [0.4, 0.5) is 8.78 Å². The molecule has 0 aliphatic heterocycles. The van der Waals surface area contributed by atoms with Gasteiger partial charge in [-0.15, -0.1) is 0 Å². The molecule has 1 aromatic rings. The lowest BCUT2D eigenvalue weighted by atomic mass is 10.2. The molecule has 1 aromatic carbocycles. The Morgan fingerprint density at radius 3 is 2.33 bits per heavy atom. The van der Waals surface area contributed by atoms with Crippen molar-refractivity contribution in [3.63, 3.8) is 0 Å². The minimum Gasteiger partial charge on any atom is -0.205 e. The van der Waals surface area contributed by atoms with Crippen LogP contribution in [0.3, 0.4) is 0 Å². The molecule has 0 aliphatic rings. The van der Waals surface area contributed by atoms with E-state index in [9.17, 15) is 8.78 Å². The third-order valence-corrected chi connectivity index (χ3v) is 3.30. The van der Waals surface area contributed by atoms with Gasteiger partial charge in [0, 0.05) is 5.56 Å². The first-order chi connectivity index (χ1) is 5.54. The molecule has 0 unspecified atom stereocenters. The zero-order valence-electron chi connectivity index (χ0n) is 5.62. The predicted octanol–water partition coefficient (Wildman–Crippen LogP) is 4.69. The minimum atomic E-state index is -2.58. The van der Waals surface area contributed by atoms with Crippen LogP contribution in [0, 0.1) is 0 Å². The quantitative estimate of drug-likeness (QED) is 0.652. The van der Waals surface area contributed by atoms with Crippen molar-refractivity contribution in [1.29, 1.82) is 0 Å². The molecule has 0 heterocycles. The number of halogens is 5. The largest absolute Gasteiger partial charge is 0.265 e. The summed E-state index contributed by atoms with van der Waals surface area (Å²) < 4.78 is 24.7. The molecule has 0 aromatic heterocycles. The molecule has 0 radical (unpaired) electrons. The molecule has 1 rings (SSSR count). The van der Waals surface area contributed by atoms with Crippen molar-refractivity contribution in [3.8, 4) is 0 Å². The zero-order valence-corrected chi connectivity index (χ0v) is 8.72. The Morgan fingerprint density at radius 1 is 1.25 bits per heavy atom. The molecule has 66 valence electrons. The van der Waals surface area contributed by atoms with Crippen LogP contribution in [0.15, 0.2) is 16.6 Å². The molecule has 0 saturated carbocycles. The van der Waals surface area contributed by atoms with Gasteiger partial charge in [-0.1, -0.05) is 29.3 Å². The molecule has 0 amide bonds. The summed E-state index contributed by atoms with van der Waals surface area (Å²) in [5.74, 6) is 0. The molecule has 0 fully saturated rings. The van der Waals surface area contributed by atoms with Crippen LogP contribution in [-0.4, -0.2) is 0 Å². The van der Waals surface area contributed by atoms with Crippen LogP contribution in [0.5, 0.6) is 0 Å². The Kier molecular flexibility index (Phi) is 3.32. The van der Waals surface area contributed by atoms with E-state index in [1.165, 1.54) is 12.1 Å². The van der Waals surface area contributed by atoms with Gasteiger partial charge in [0.2, 0.25) is 0 Å². The molecule has 0 atom stereocenters. The van der Waals surface area contributed by atoms with Crippen molar-refractivity contribution in [3.05, 3.63) is 32.2 Å². The Bertz CT molecular complexity index is 302. The van der Waals surface area contributed by atoms with Crippen LogP contribution in [0.25, 0.3) is 0 Å². The van der Waals surface area contributed by atoms with Crippen molar-refractivity contribution in [2.75, 3.05) is 0 Å².